The average molecular weight is 116 g/mol. The minimum Gasteiger partial charge on any atom is -0.481 e. The van der Waals surface area contributed by atoms with Gasteiger partial charge in [0.05, 0.1) is 12.5 Å². The monoisotopic (exact) mass is 116 g/mol. The highest BCUT2D eigenvalue weighted by Gasteiger charge is 2.20. The van der Waals surface area contributed by atoms with Gasteiger partial charge in [-0.1, -0.05) is 0 Å². The van der Waals surface area contributed by atoms with Crippen LogP contribution in [0.1, 0.15) is 12.8 Å². The third-order valence-electron chi connectivity index (χ3n) is 1.20. The molecule has 1 rings (SSSR count). The molecule has 1 N–H and O–H groups in total. The lowest BCUT2D eigenvalue weighted by atomic mass is 10.1. The first-order chi connectivity index (χ1) is 3.79. The fourth-order valence-corrected chi connectivity index (χ4v) is 0.640. The van der Waals surface area contributed by atoms with Crippen LogP contribution in [0.3, 0.4) is 0 Å². The quantitative estimate of drug-likeness (QED) is 0.562. The maximum Gasteiger partial charge on any atom is 0.305 e. The standard InChI is InChI=1S/C5H8O3/c6-5(7)3-4-1-2-8-4/h4H,1-3H2,(H,6,7)/t4-/m0/s1. The SMILES string of the molecule is O=C(O)C[C@@H]1CCO1. The zero-order valence-electron chi connectivity index (χ0n) is 4.46. The summed E-state index contributed by atoms with van der Waals surface area (Å²) in [6.45, 7) is 0.734. The summed E-state index contributed by atoms with van der Waals surface area (Å²) in [5, 5.41) is 8.17. The van der Waals surface area contributed by atoms with Crippen molar-refractivity contribution in [3.8, 4) is 0 Å². The Morgan fingerprint density at radius 3 is 2.62 bits per heavy atom. The van der Waals surface area contributed by atoms with Gasteiger partial charge in [0.2, 0.25) is 0 Å². The van der Waals surface area contributed by atoms with E-state index in [1.165, 1.54) is 0 Å². The Morgan fingerprint density at radius 1 is 1.88 bits per heavy atom. The Morgan fingerprint density at radius 2 is 2.50 bits per heavy atom. The van der Waals surface area contributed by atoms with Crippen LogP contribution in [0, 0.1) is 0 Å². The molecule has 1 saturated heterocycles. The van der Waals surface area contributed by atoms with Crippen LogP contribution in [0.15, 0.2) is 0 Å². The van der Waals surface area contributed by atoms with E-state index in [1.54, 1.807) is 0 Å². The van der Waals surface area contributed by atoms with Crippen molar-refractivity contribution in [3.05, 3.63) is 0 Å². The third kappa shape index (κ3) is 1.20. The molecule has 0 amide bonds. The van der Waals surface area contributed by atoms with Crippen LogP contribution in [0.5, 0.6) is 0 Å². The summed E-state index contributed by atoms with van der Waals surface area (Å²) in [4.78, 5) is 9.92. The van der Waals surface area contributed by atoms with Crippen molar-refractivity contribution in [2.75, 3.05) is 6.61 Å². The van der Waals surface area contributed by atoms with Gasteiger partial charge in [-0.15, -0.1) is 0 Å². The molecule has 0 saturated carbocycles. The van der Waals surface area contributed by atoms with Gasteiger partial charge in [-0.2, -0.15) is 0 Å². The summed E-state index contributed by atoms with van der Waals surface area (Å²) in [5.41, 5.74) is 0. The van der Waals surface area contributed by atoms with E-state index in [-0.39, 0.29) is 12.5 Å². The van der Waals surface area contributed by atoms with Gasteiger partial charge in [0.15, 0.2) is 0 Å². The fraction of sp³-hybridized carbons (Fsp3) is 0.800. The van der Waals surface area contributed by atoms with E-state index in [2.05, 4.69) is 0 Å². The molecule has 1 aliphatic rings. The number of carboxylic acids is 1. The van der Waals surface area contributed by atoms with Gasteiger partial charge < -0.3 is 9.84 Å². The average Bonchev–Trinajstić information content (AvgIpc) is 1.55. The molecule has 1 aliphatic heterocycles. The van der Waals surface area contributed by atoms with E-state index in [9.17, 15) is 4.79 Å². The molecule has 3 heteroatoms. The Hall–Kier alpha value is -0.570. The molecule has 46 valence electrons. The predicted octanol–water partition coefficient (Wildman–Crippen LogP) is 0.250. The Kier molecular flexibility index (Phi) is 1.48. The summed E-state index contributed by atoms with van der Waals surface area (Å²) in [6.07, 6.45) is 1.08. The first-order valence-electron chi connectivity index (χ1n) is 2.62. The highest BCUT2D eigenvalue weighted by molar-refractivity contribution is 5.67. The topological polar surface area (TPSA) is 46.5 Å². The van der Waals surface area contributed by atoms with E-state index in [1.807, 2.05) is 0 Å². The van der Waals surface area contributed by atoms with Crippen LogP contribution in [0.4, 0.5) is 0 Å². The van der Waals surface area contributed by atoms with Crippen molar-refractivity contribution >= 4 is 5.97 Å². The minimum atomic E-state index is -0.769. The van der Waals surface area contributed by atoms with Crippen molar-refractivity contribution in [1.29, 1.82) is 0 Å². The lowest BCUT2D eigenvalue weighted by molar-refractivity contribution is -0.144. The van der Waals surface area contributed by atoms with Gasteiger partial charge in [-0.05, 0) is 6.42 Å². The number of carbonyl (C=O) groups is 1. The summed E-state index contributed by atoms with van der Waals surface area (Å²) >= 11 is 0. The van der Waals surface area contributed by atoms with Gasteiger partial charge >= 0.3 is 5.97 Å². The van der Waals surface area contributed by atoms with Crippen molar-refractivity contribution in [2.24, 2.45) is 0 Å². The van der Waals surface area contributed by atoms with Crippen LogP contribution >= 0.6 is 0 Å². The van der Waals surface area contributed by atoms with Crippen LogP contribution in [-0.2, 0) is 9.53 Å². The molecule has 0 unspecified atom stereocenters. The number of carboxylic acid groups (broad SMARTS) is 1. The molecular formula is C5H8O3. The molecule has 0 radical (unpaired) electrons. The lowest BCUT2D eigenvalue weighted by Crippen LogP contribution is -2.28. The second kappa shape index (κ2) is 2.13. The zero-order valence-corrected chi connectivity index (χ0v) is 4.46. The highest BCUT2D eigenvalue weighted by atomic mass is 16.5. The second-order valence-electron chi connectivity index (χ2n) is 1.88. The van der Waals surface area contributed by atoms with Gasteiger partial charge in [0, 0.05) is 6.61 Å². The molecule has 1 atom stereocenters. The van der Waals surface area contributed by atoms with Crippen molar-refractivity contribution in [3.63, 3.8) is 0 Å². The van der Waals surface area contributed by atoms with Crippen molar-refractivity contribution in [2.45, 2.75) is 18.9 Å². The van der Waals surface area contributed by atoms with Gasteiger partial charge in [-0.25, -0.2) is 0 Å². The largest absolute Gasteiger partial charge is 0.481 e. The first-order valence-corrected chi connectivity index (χ1v) is 2.62. The molecule has 0 aromatic heterocycles. The van der Waals surface area contributed by atoms with Crippen LogP contribution in [0.2, 0.25) is 0 Å². The van der Waals surface area contributed by atoms with Crippen LogP contribution < -0.4 is 0 Å². The summed E-state index contributed by atoms with van der Waals surface area (Å²) in [5.74, 6) is -0.769. The molecular weight excluding hydrogens is 108 g/mol. The molecule has 0 spiro atoms. The maximum atomic E-state index is 9.92. The number of hydrogen-bond acceptors (Lipinski definition) is 2. The van der Waals surface area contributed by atoms with Gasteiger partial charge in [0.25, 0.3) is 0 Å². The Balaban J connectivity index is 2.09. The van der Waals surface area contributed by atoms with Gasteiger partial charge in [-0.3, -0.25) is 4.79 Å². The minimum absolute atomic E-state index is 0.00694. The molecule has 0 aromatic rings. The van der Waals surface area contributed by atoms with E-state index >= 15 is 0 Å². The molecule has 0 aromatic carbocycles. The summed E-state index contributed by atoms with van der Waals surface area (Å²) < 4.78 is 4.86. The third-order valence-corrected chi connectivity index (χ3v) is 1.20. The molecule has 0 bridgehead atoms. The number of hydrogen-bond donors (Lipinski definition) is 1. The summed E-state index contributed by atoms with van der Waals surface area (Å²) in [6, 6.07) is 0. The molecule has 1 fully saturated rings. The van der Waals surface area contributed by atoms with E-state index in [0.717, 1.165) is 13.0 Å². The molecule has 3 nitrogen and oxygen atoms in total. The summed E-state index contributed by atoms with van der Waals surface area (Å²) in [7, 11) is 0. The van der Waals surface area contributed by atoms with E-state index in [4.69, 9.17) is 9.84 Å². The lowest BCUT2D eigenvalue weighted by Gasteiger charge is -2.24. The molecule has 1 heterocycles. The maximum absolute atomic E-state index is 9.92. The predicted molar refractivity (Wildman–Crippen MR) is 26.6 cm³/mol. The van der Waals surface area contributed by atoms with Crippen molar-refractivity contribution in [1.82, 2.24) is 0 Å². The van der Waals surface area contributed by atoms with Crippen LogP contribution in [0.25, 0.3) is 0 Å². The Labute approximate surface area is 47.3 Å². The van der Waals surface area contributed by atoms with Crippen LogP contribution in [-0.4, -0.2) is 23.8 Å². The fourth-order valence-electron chi connectivity index (χ4n) is 0.640. The number of ether oxygens (including phenoxy) is 1. The zero-order chi connectivity index (χ0) is 5.98. The second-order valence-corrected chi connectivity index (χ2v) is 1.88. The van der Waals surface area contributed by atoms with E-state index in [0.29, 0.717) is 0 Å². The van der Waals surface area contributed by atoms with Gasteiger partial charge in [0.1, 0.15) is 0 Å². The number of rotatable bonds is 2. The molecule has 8 heavy (non-hydrogen) atoms. The smallest absolute Gasteiger partial charge is 0.305 e. The first kappa shape index (κ1) is 5.56. The Bertz CT molecular complexity index is 95.8. The number of aliphatic carboxylic acids is 1. The normalized spacial score (nSPS) is 26.8. The van der Waals surface area contributed by atoms with Crippen molar-refractivity contribution < 1.29 is 14.6 Å². The molecule has 0 aliphatic carbocycles. The van der Waals surface area contributed by atoms with E-state index < -0.39 is 5.97 Å². The highest BCUT2D eigenvalue weighted by Crippen LogP contribution is 2.13.